The van der Waals surface area contributed by atoms with Gasteiger partial charge in [0, 0.05) is 24.6 Å². The molecule has 1 N–H and O–H groups in total. The number of pyridine rings is 1. The van der Waals surface area contributed by atoms with E-state index in [-0.39, 0.29) is 17.9 Å². The van der Waals surface area contributed by atoms with Crippen LogP contribution in [-0.2, 0) is 11.0 Å². The smallest absolute Gasteiger partial charge is 0.331 e. The van der Waals surface area contributed by atoms with E-state index in [1.807, 2.05) is 19.1 Å². The number of fused-ring (bicyclic) bond motifs is 1. The van der Waals surface area contributed by atoms with Gasteiger partial charge in [0.05, 0.1) is 17.1 Å². The van der Waals surface area contributed by atoms with Crippen molar-refractivity contribution in [3.63, 3.8) is 0 Å². The number of hydrogen-bond donors (Lipinski definition) is 1. The fraction of sp³-hybridized carbons (Fsp3) is 0.211. The van der Waals surface area contributed by atoms with Crippen molar-refractivity contribution in [2.45, 2.75) is 13.1 Å². The Bertz CT molecular complexity index is 1090. The van der Waals surface area contributed by atoms with Gasteiger partial charge in [-0.1, -0.05) is 17.7 Å². The third-order valence-electron chi connectivity index (χ3n) is 4.20. The van der Waals surface area contributed by atoms with Crippen LogP contribution in [0.15, 0.2) is 42.6 Å². The van der Waals surface area contributed by atoms with Gasteiger partial charge in [-0.3, -0.25) is 9.59 Å². The Morgan fingerprint density at radius 2 is 1.97 bits per heavy atom. The first-order valence-electron chi connectivity index (χ1n) is 8.43. The van der Waals surface area contributed by atoms with Crippen LogP contribution < -0.4 is 5.32 Å². The lowest BCUT2D eigenvalue weighted by Gasteiger charge is -2.16. The maximum absolute atomic E-state index is 12.9. The van der Waals surface area contributed by atoms with Crippen LogP contribution in [0.5, 0.6) is 0 Å². The predicted octanol–water partition coefficient (Wildman–Crippen LogP) is 4.03. The number of carbonyl (C=O) groups is 2. The summed E-state index contributed by atoms with van der Waals surface area (Å²) in [6, 6.07) is 8.46. The Labute approximate surface area is 168 Å². The van der Waals surface area contributed by atoms with Gasteiger partial charge in [-0.2, -0.15) is 13.2 Å². The van der Waals surface area contributed by atoms with Gasteiger partial charge in [-0.05, 0) is 37.3 Å². The SMILES string of the molecule is Cc1cccc2nc(C(=O)N(C)CC(=O)Nc3ccc(Cl)c(C(F)(F)F)c3)cn12. The van der Waals surface area contributed by atoms with Gasteiger partial charge in [0.15, 0.2) is 0 Å². The van der Waals surface area contributed by atoms with E-state index in [1.165, 1.54) is 13.1 Å². The normalized spacial score (nSPS) is 11.5. The average Bonchev–Trinajstić information content (AvgIpc) is 3.07. The second-order valence-electron chi connectivity index (χ2n) is 6.42. The number of anilines is 1. The second-order valence-corrected chi connectivity index (χ2v) is 6.83. The quantitative estimate of drug-likeness (QED) is 0.687. The van der Waals surface area contributed by atoms with Crippen molar-refractivity contribution < 1.29 is 22.8 Å². The molecule has 0 saturated carbocycles. The van der Waals surface area contributed by atoms with E-state index in [1.54, 1.807) is 16.7 Å². The summed E-state index contributed by atoms with van der Waals surface area (Å²) in [5.74, 6) is -1.15. The van der Waals surface area contributed by atoms with E-state index < -0.39 is 28.6 Å². The molecule has 2 heterocycles. The predicted molar refractivity (Wildman–Crippen MR) is 102 cm³/mol. The number of imidazole rings is 1. The second kappa shape index (κ2) is 7.75. The first-order valence-corrected chi connectivity index (χ1v) is 8.81. The minimum atomic E-state index is -4.65. The van der Waals surface area contributed by atoms with Crippen molar-refractivity contribution in [3.8, 4) is 0 Å². The number of halogens is 4. The van der Waals surface area contributed by atoms with E-state index in [2.05, 4.69) is 10.3 Å². The van der Waals surface area contributed by atoms with E-state index in [4.69, 9.17) is 11.6 Å². The largest absolute Gasteiger partial charge is 0.417 e. The zero-order chi connectivity index (χ0) is 21.3. The molecule has 2 amide bonds. The molecule has 0 saturated heterocycles. The van der Waals surface area contributed by atoms with E-state index in [0.717, 1.165) is 22.7 Å². The summed E-state index contributed by atoms with van der Waals surface area (Å²) in [6.45, 7) is 1.50. The molecule has 0 spiro atoms. The van der Waals surface area contributed by atoms with Crippen LogP contribution in [0.1, 0.15) is 21.7 Å². The summed E-state index contributed by atoms with van der Waals surface area (Å²) in [7, 11) is 1.40. The Balaban J connectivity index is 1.70. The number of aromatic nitrogens is 2. The molecule has 0 aliphatic carbocycles. The van der Waals surface area contributed by atoms with Crippen LogP contribution in [0, 0.1) is 6.92 Å². The molecule has 3 rings (SSSR count). The van der Waals surface area contributed by atoms with Crippen molar-refractivity contribution in [1.82, 2.24) is 14.3 Å². The highest BCUT2D eigenvalue weighted by molar-refractivity contribution is 6.31. The molecular formula is C19H16ClF3N4O2. The Morgan fingerprint density at radius 3 is 2.62 bits per heavy atom. The molecule has 6 nitrogen and oxygen atoms in total. The van der Waals surface area contributed by atoms with Crippen molar-refractivity contribution in [3.05, 3.63) is 64.6 Å². The third-order valence-corrected chi connectivity index (χ3v) is 4.53. The number of benzene rings is 1. The zero-order valence-electron chi connectivity index (χ0n) is 15.4. The number of rotatable bonds is 4. The number of nitrogens with zero attached hydrogens (tertiary/aromatic N) is 3. The average molecular weight is 425 g/mol. The number of carbonyl (C=O) groups excluding carboxylic acids is 2. The molecule has 0 unspecified atom stereocenters. The molecule has 29 heavy (non-hydrogen) atoms. The molecule has 0 fully saturated rings. The minimum Gasteiger partial charge on any atom is -0.331 e. The minimum absolute atomic E-state index is 0.0732. The van der Waals surface area contributed by atoms with Gasteiger partial charge >= 0.3 is 6.18 Å². The number of amides is 2. The highest BCUT2D eigenvalue weighted by Gasteiger charge is 2.33. The molecule has 152 valence electrons. The Hall–Kier alpha value is -3.07. The molecule has 0 bridgehead atoms. The van der Waals surface area contributed by atoms with Crippen LogP contribution in [0.3, 0.4) is 0 Å². The lowest BCUT2D eigenvalue weighted by molar-refractivity contribution is -0.137. The lowest BCUT2D eigenvalue weighted by atomic mass is 10.2. The monoisotopic (exact) mass is 424 g/mol. The highest BCUT2D eigenvalue weighted by atomic mass is 35.5. The summed E-state index contributed by atoms with van der Waals surface area (Å²) < 4.78 is 40.5. The standard InChI is InChI=1S/C19H16ClF3N4O2/c1-11-4-3-5-16-25-15(9-27(11)16)18(29)26(2)10-17(28)24-12-6-7-14(20)13(8-12)19(21,22)23/h3-9H,10H2,1-2H3,(H,24,28). The van der Waals surface area contributed by atoms with Gasteiger partial charge < -0.3 is 14.6 Å². The summed E-state index contributed by atoms with van der Waals surface area (Å²) in [4.78, 5) is 30.1. The number of nitrogens with one attached hydrogen (secondary N) is 1. The molecule has 2 aromatic heterocycles. The molecule has 10 heteroatoms. The number of aryl methyl sites for hydroxylation is 1. The summed E-state index contributed by atoms with van der Waals surface area (Å²) in [6.07, 6.45) is -3.08. The van der Waals surface area contributed by atoms with E-state index in [9.17, 15) is 22.8 Å². The molecule has 0 atom stereocenters. The van der Waals surface area contributed by atoms with Crippen molar-refractivity contribution >= 4 is 34.7 Å². The molecular weight excluding hydrogens is 409 g/mol. The van der Waals surface area contributed by atoms with Gasteiger partial charge in [-0.15, -0.1) is 0 Å². The molecule has 1 aromatic carbocycles. The summed E-state index contributed by atoms with van der Waals surface area (Å²) >= 11 is 5.56. The van der Waals surface area contributed by atoms with Crippen LogP contribution >= 0.6 is 11.6 Å². The van der Waals surface area contributed by atoms with Crippen molar-refractivity contribution in [2.24, 2.45) is 0 Å². The van der Waals surface area contributed by atoms with E-state index >= 15 is 0 Å². The summed E-state index contributed by atoms with van der Waals surface area (Å²) in [5, 5.41) is 1.87. The first kappa shape index (κ1) is 20.7. The lowest BCUT2D eigenvalue weighted by Crippen LogP contribution is -2.35. The number of likely N-dealkylation sites (N-methyl/N-ethyl adjacent to an activating group) is 1. The van der Waals surface area contributed by atoms with Gasteiger partial charge in [0.25, 0.3) is 5.91 Å². The van der Waals surface area contributed by atoms with Crippen LogP contribution in [0.25, 0.3) is 5.65 Å². The fourth-order valence-corrected chi connectivity index (χ4v) is 2.98. The van der Waals surface area contributed by atoms with Crippen molar-refractivity contribution in [2.75, 3.05) is 18.9 Å². The zero-order valence-corrected chi connectivity index (χ0v) is 16.2. The molecule has 0 aliphatic heterocycles. The van der Waals surface area contributed by atoms with Gasteiger partial charge in [-0.25, -0.2) is 4.98 Å². The van der Waals surface area contributed by atoms with Crippen molar-refractivity contribution in [1.29, 1.82) is 0 Å². The van der Waals surface area contributed by atoms with Gasteiger partial charge in [0.1, 0.15) is 11.3 Å². The number of hydrogen-bond acceptors (Lipinski definition) is 3. The van der Waals surface area contributed by atoms with Crippen LogP contribution in [-0.4, -0.2) is 39.7 Å². The van der Waals surface area contributed by atoms with Gasteiger partial charge in [0.2, 0.25) is 5.91 Å². The summed E-state index contributed by atoms with van der Waals surface area (Å²) in [5.41, 5.74) is 0.502. The third kappa shape index (κ3) is 4.51. The fourth-order valence-electron chi connectivity index (χ4n) is 2.75. The molecule has 3 aromatic rings. The Kier molecular flexibility index (Phi) is 5.52. The maximum atomic E-state index is 12.9. The van der Waals surface area contributed by atoms with E-state index in [0.29, 0.717) is 5.65 Å². The Morgan fingerprint density at radius 1 is 1.24 bits per heavy atom. The molecule has 0 aliphatic rings. The highest BCUT2D eigenvalue weighted by Crippen LogP contribution is 2.36. The maximum Gasteiger partial charge on any atom is 0.417 e. The molecule has 0 radical (unpaired) electrons. The van der Waals surface area contributed by atoms with Crippen LogP contribution in [0.4, 0.5) is 18.9 Å². The van der Waals surface area contributed by atoms with Crippen LogP contribution in [0.2, 0.25) is 5.02 Å². The topological polar surface area (TPSA) is 66.7 Å². The number of alkyl halides is 3. The first-order chi connectivity index (χ1) is 13.6.